The average molecular weight is 325 g/mol. The summed E-state index contributed by atoms with van der Waals surface area (Å²) in [6.07, 6.45) is 2.80. The molecule has 1 heterocycles. The normalized spacial score (nSPS) is 12.2. The van der Waals surface area contributed by atoms with Crippen LogP contribution in [0.4, 0.5) is 0 Å². The third-order valence-corrected chi connectivity index (χ3v) is 3.56. The Morgan fingerprint density at radius 3 is 2.67 bits per heavy atom. The van der Waals surface area contributed by atoms with E-state index in [1.54, 1.807) is 24.4 Å². The Morgan fingerprint density at radius 1 is 1.24 bits per heavy atom. The van der Waals surface area contributed by atoms with Crippen LogP contribution in [0.5, 0.6) is 11.5 Å². The second-order valence-corrected chi connectivity index (χ2v) is 5.62. The van der Waals surface area contributed by atoms with Crippen molar-refractivity contribution >= 4 is 23.2 Å². The maximum absolute atomic E-state index is 6.08. The molecule has 0 radical (unpaired) electrons. The van der Waals surface area contributed by atoms with Gasteiger partial charge in [0.1, 0.15) is 11.5 Å². The molecule has 1 aromatic heterocycles. The van der Waals surface area contributed by atoms with E-state index in [1.807, 2.05) is 12.1 Å². The molecule has 1 aromatic carbocycles. The van der Waals surface area contributed by atoms with Crippen LogP contribution >= 0.6 is 23.2 Å². The molecule has 0 aliphatic carbocycles. The van der Waals surface area contributed by atoms with Crippen molar-refractivity contribution in [2.24, 2.45) is 0 Å². The molecule has 0 spiro atoms. The van der Waals surface area contributed by atoms with Crippen LogP contribution in [0.2, 0.25) is 10.0 Å². The molecule has 2 rings (SSSR count). The number of pyridine rings is 1. The van der Waals surface area contributed by atoms with Gasteiger partial charge in [0.25, 0.3) is 0 Å². The van der Waals surface area contributed by atoms with Crippen LogP contribution in [-0.4, -0.2) is 11.5 Å². The Balaban J connectivity index is 2.05. The fraction of sp³-hybridized carbons (Fsp3) is 0.312. The SMILES string of the molecule is CCCNC(C)c1ccc(Oc2ccc(Cl)cc2Cl)cn1. The summed E-state index contributed by atoms with van der Waals surface area (Å²) < 4.78 is 5.71. The summed E-state index contributed by atoms with van der Waals surface area (Å²) in [5, 5.41) is 4.45. The molecule has 0 saturated carbocycles. The number of benzene rings is 1. The fourth-order valence-corrected chi connectivity index (χ4v) is 2.31. The van der Waals surface area contributed by atoms with E-state index in [0.29, 0.717) is 21.5 Å². The van der Waals surface area contributed by atoms with Crippen molar-refractivity contribution in [2.75, 3.05) is 6.54 Å². The minimum Gasteiger partial charge on any atom is -0.454 e. The molecule has 0 fully saturated rings. The minimum atomic E-state index is 0.220. The summed E-state index contributed by atoms with van der Waals surface area (Å²) in [5.74, 6) is 1.21. The Bertz CT molecular complexity index is 587. The zero-order valence-electron chi connectivity index (χ0n) is 12.1. The predicted octanol–water partition coefficient (Wildman–Crippen LogP) is 5.24. The third kappa shape index (κ3) is 4.60. The summed E-state index contributed by atoms with van der Waals surface area (Å²) in [7, 11) is 0. The van der Waals surface area contributed by atoms with E-state index >= 15 is 0 Å². The molecular formula is C16H18Cl2N2O. The molecular weight excluding hydrogens is 307 g/mol. The summed E-state index contributed by atoms with van der Waals surface area (Å²) >= 11 is 11.9. The van der Waals surface area contributed by atoms with Crippen molar-refractivity contribution in [3.8, 4) is 11.5 Å². The van der Waals surface area contributed by atoms with Gasteiger partial charge in [-0.2, -0.15) is 0 Å². The Kier molecular flexibility index (Phi) is 5.85. The van der Waals surface area contributed by atoms with Crippen LogP contribution in [0.3, 0.4) is 0 Å². The molecule has 0 bridgehead atoms. The van der Waals surface area contributed by atoms with Gasteiger partial charge in [-0.3, -0.25) is 4.98 Å². The van der Waals surface area contributed by atoms with Gasteiger partial charge in [0, 0.05) is 11.1 Å². The maximum Gasteiger partial charge on any atom is 0.146 e. The summed E-state index contributed by atoms with van der Waals surface area (Å²) in [6.45, 7) is 5.20. The van der Waals surface area contributed by atoms with Gasteiger partial charge in [0.2, 0.25) is 0 Å². The molecule has 3 nitrogen and oxygen atoms in total. The Labute approximate surface area is 135 Å². The first-order chi connectivity index (χ1) is 10.1. The van der Waals surface area contributed by atoms with E-state index in [9.17, 15) is 0 Å². The predicted molar refractivity (Wildman–Crippen MR) is 87.5 cm³/mol. The highest BCUT2D eigenvalue weighted by Crippen LogP contribution is 2.31. The second-order valence-electron chi connectivity index (χ2n) is 4.77. The van der Waals surface area contributed by atoms with E-state index in [4.69, 9.17) is 27.9 Å². The molecule has 112 valence electrons. The summed E-state index contributed by atoms with van der Waals surface area (Å²) in [6, 6.07) is 9.18. The highest BCUT2D eigenvalue weighted by molar-refractivity contribution is 6.35. The molecule has 1 unspecified atom stereocenters. The van der Waals surface area contributed by atoms with E-state index < -0.39 is 0 Å². The van der Waals surface area contributed by atoms with Crippen LogP contribution in [0.15, 0.2) is 36.5 Å². The average Bonchev–Trinajstić information content (AvgIpc) is 2.48. The minimum absolute atomic E-state index is 0.220. The first-order valence-corrected chi connectivity index (χ1v) is 7.68. The van der Waals surface area contributed by atoms with Crippen molar-refractivity contribution < 1.29 is 4.74 Å². The molecule has 21 heavy (non-hydrogen) atoms. The highest BCUT2D eigenvalue weighted by atomic mass is 35.5. The largest absolute Gasteiger partial charge is 0.454 e. The van der Waals surface area contributed by atoms with Crippen LogP contribution in [0.1, 0.15) is 32.0 Å². The van der Waals surface area contributed by atoms with E-state index in [0.717, 1.165) is 18.7 Å². The molecule has 0 saturated heterocycles. The lowest BCUT2D eigenvalue weighted by Crippen LogP contribution is -2.20. The number of hydrogen-bond acceptors (Lipinski definition) is 3. The number of halogens is 2. The molecule has 0 aliphatic heterocycles. The zero-order chi connectivity index (χ0) is 15.2. The lowest BCUT2D eigenvalue weighted by atomic mass is 10.2. The number of nitrogens with one attached hydrogen (secondary N) is 1. The van der Waals surface area contributed by atoms with E-state index in [2.05, 4.69) is 24.1 Å². The van der Waals surface area contributed by atoms with Crippen LogP contribution in [0.25, 0.3) is 0 Å². The molecule has 5 heteroatoms. The highest BCUT2D eigenvalue weighted by Gasteiger charge is 2.07. The fourth-order valence-electron chi connectivity index (χ4n) is 1.86. The molecule has 0 aliphatic rings. The second kappa shape index (κ2) is 7.64. The molecule has 2 aromatic rings. The molecule has 1 N–H and O–H groups in total. The van der Waals surface area contributed by atoms with Gasteiger partial charge in [-0.05, 0) is 50.2 Å². The van der Waals surface area contributed by atoms with Gasteiger partial charge in [-0.15, -0.1) is 0 Å². The van der Waals surface area contributed by atoms with Gasteiger partial charge in [0.15, 0.2) is 0 Å². The number of ether oxygens (including phenoxy) is 1. The van der Waals surface area contributed by atoms with E-state index in [1.165, 1.54) is 0 Å². The van der Waals surface area contributed by atoms with Crippen LogP contribution < -0.4 is 10.1 Å². The summed E-state index contributed by atoms with van der Waals surface area (Å²) in [5.41, 5.74) is 0.984. The van der Waals surface area contributed by atoms with Crippen molar-refractivity contribution in [2.45, 2.75) is 26.3 Å². The van der Waals surface area contributed by atoms with Gasteiger partial charge in [0.05, 0.1) is 16.9 Å². The van der Waals surface area contributed by atoms with Crippen LogP contribution in [0, 0.1) is 0 Å². The number of nitrogens with zero attached hydrogens (tertiary/aromatic N) is 1. The van der Waals surface area contributed by atoms with Crippen molar-refractivity contribution in [1.82, 2.24) is 10.3 Å². The number of aromatic nitrogens is 1. The first-order valence-electron chi connectivity index (χ1n) is 6.92. The van der Waals surface area contributed by atoms with Crippen molar-refractivity contribution in [1.29, 1.82) is 0 Å². The first kappa shape index (κ1) is 16.1. The lowest BCUT2D eigenvalue weighted by molar-refractivity contribution is 0.478. The Morgan fingerprint density at radius 2 is 2.05 bits per heavy atom. The van der Waals surface area contributed by atoms with Crippen molar-refractivity contribution in [3.63, 3.8) is 0 Å². The lowest BCUT2D eigenvalue weighted by Gasteiger charge is -2.13. The third-order valence-electron chi connectivity index (χ3n) is 3.03. The van der Waals surface area contributed by atoms with Gasteiger partial charge >= 0.3 is 0 Å². The summed E-state index contributed by atoms with van der Waals surface area (Å²) in [4.78, 5) is 4.42. The zero-order valence-corrected chi connectivity index (χ0v) is 13.6. The topological polar surface area (TPSA) is 34.1 Å². The van der Waals surface area contributed by atoms with Gasteiger partial charge < -0.3 is 10.1 Å². The Hall–Kier alpha value is -1.29. The number of hydrogen-bond donors (Lipinski definition) is 1. The quantitative estimate of drug-likeness (QED) is 0.788. The van der Waals surface area contributed by atoms with Crippen LogP contribution in [-0.2, 0) is 0 Å². The maximum atomic E-state index is 6.08. The smallest absolute Gasteiger partial charge is 0.146 e. The van der Waals surface area contributed by atoms with E-state index in [-0.39, 0.29) is 6.04 Å². The number of rotatable bonds is 6. The van der Waals surface area contributed by atoms with Crippen molar-refractivity contribution in [3.05, 3.63) is 52.3 Å². The monoisotopic (exact) mass is 324 g/mol. The van der Waals surface area contributed by atoms with Gasteiger partial charge in [-0.1, -0.05) is 30.1 Å². The molecule has 1 atom stereocenters. The van der Waals surface area contributed by atoms with Gasteiger partial charge in [-0.25, -0.2) is 0 Å². The molecule has 0 amide bonds. The standard InChI is InChI=1S/C16H18Cl2N2O/c1-3-8-19-11(2)15-6-5-13(10-20-15)21-16-7-4-12(17)9-14(16)18/h4-7,9-11,19H,3,8H2,1-2H3.